The molecule has 3 aromatic rings. The van der Waals surface area contributed by atoms with Gasteiger partial charge in [-0.3, -0.25) is 8.78 Å². The van der Waals surface area contributed by atoms with Crippen molar-refractivity contribution in [2.75, 3.05) is 0 Å². The third-order valence-corrected chi connectivity index (χ3v) is 2.82. The van der Waals surface area contributed by atoms with Crippen molar-refractivity contribution in [2.24, 2.45) is 0 Å². The quantitative estimate of drug-likeness (QED) is 0.320. The number of aromatic nitrogens is 2. The Bertz CT molecular complexity index is 848. The number of carbonyl (C=O) groups is 1. The van der Waals surface area contributed by atoms with Crippen molar-refractivity contribution in [3.63, 3.8) is 0 Å². The van der Waals surface area contributed by atoms with Crippen LogP contribution in [0.1, 0.15) is 10.5 Å². The van der Waals surface area contributed by atoms with E-state index >= 15 is 0 Å². The van der Waals surface area contributed by atoms with Gasteiger partial charge >= 0.3 is 5.97 Å². The third kappa shape index (κ3) is 5.70. The Kier molecular flexibility index (Phi) is 7.78. The topological polar surface area (TPSA) is 77.1 Å². The normalized spacial score (nSPS) is 9.36. The fourth-order valence-corrected chi connectivity index (χ4v) is 1.75. The molecule has 2 heterocycles. The zero-order valence-electron chi connectivity index (χ0n) is 12.5. The summed E-state index contributed by atoms with van der Waals surface area (Å²) in [6.45, 7) is 0. The third-order valence-electron chi connectivity index (χ3n) is 2.82. The maximum absolute atomic E-state index is 13.3. The fraction of sp³-hybridized carbons (Fsp3) is 0. The van der Waals surface area contributed by atoms with E-state index in [-0.39, 0.29) is 37.1 Å². The summed E-state index contributed by atoms with van der Waals surface area (Å²) >= 11 is 0. The van der Waals surface area contributed by atoms with E-state index in [9.17, 15) is 18.8 Å². The number of carboxylic acids is 1. The molecule has 25 heavy (non-hydrogen) atoms. The molecule has 1 aromatic carbocycles. The van der Waals surface area contributed by atoms with Crippen LogP contribution in [0.5, 0.6) is 0 Å². The van der Waals surface area contributed by atoms with Gasteiger partial charge in [0.15, 0.2) is 6.20 Å². The molecule has 0 aliphatic heterocycles. The van der Waals surface area contributed by atoms with Crippen LogP contribution in [0.25, 0.3) is 11.3 Å². The number of aromatic carboxylic acids is 1. The van der Waals surface area contributed by atoms with Crippen molar-refractivity contribution >= 4 is 5.97 Å². The largest absolute Gasteiger partial charge is 0.627 e. The van der Waals surface area contributed by atoms with E-state index < -0.39 is 17.6 Å². The van der Waals surface area contributed by atoms with E-state index in [2.05, 4.69) is 11.1 Å². The molecule has 0 saturated heterocycles. The number of carboxylic acid groups (broad SMARTS) is 1. The van der Waals surface area contributed by atoms with Gasteiger partial charge in [0.1, 0.15) is 11.4 Å². The molecule has 8 heteroatoms. The predicted molar refractivity (Wildman–Crippen MR) is 80.8 cm³/mol. The summed E-state index contributed by atoms with van der Waals surface area (Å²) in [5.74, 6) is -2.51. The number of benzene rings is 1. The number of rotatable bonds is 2. The van der Waals surface area contributed by atoms with Crippen LogP contribution in [0.15, 0.2) is 60.9 Å². The molecule has 3 rings (SSSR count). The van der Waals surface area contributed by atoms with Crippen LogP contribution < -0.4 is 4.73 Å². The molecular weight excluding hydrogens is 510 g/mol. The molecule has 131 valence electrons. The summed E-state index contributed by atoms with van der Waals surface area (Å²) in [5, 5.41) is 19.6. The molecule has 0 amide bonds. The van der Waals surface area contributed by atoms with Crippen LogP contribution in [-0.2, 0) is 20.1 Å². The van der Waals surface area contributed by atoms with E-state index in [4.69, 9.17) is 5.11 Å². The van der Waals surface area contributed by atoms with Crippen molar-refractivity contribution in [1.82, 2.24) is 4.98 Å². The average molecular weight is 521 g/mol. The average Bonchev–Trinajstić information content (AvgIpc) is 2.57. The molecule has 5 nitrogen and oxygen atoms in total. The van der Waals surface area contributed by atoms with Gasteiger partial charge in [-0.05, 0) is 23.8 Å². The van der Waals surface area contributed by atoms with Crippen molar-refractivity contribution in [3.8, 4) is 11.3 Å². The van der Waals surface area contributed by atoms with Crippen molar-refractivity contribution in [3.05, 3.63) is 89.5 Å². The Morgan fingerprint density at radius 1 is 1.20 bits per heavy atom. The van der Waals surface area contributed by atoms with Crippen LogP contribution >= 0.6 is 0 Å². The van der Waals surface area contributed by atoms with E-state index in [0.29, 0.717) is 4.73 Å². The number of pyridine rings is 2. The zero-order valence-corrected chi connectivity index (χ0v) is 14.9. The van der Waals surface area contributed by atoms with E-state index in [1.165, 1.54) is 30.6 Å². The molecule has 1 radical (unpaired) electrons. The van der Waals surface area contributed by atoms with Gasteiger partial charge in [0.2, 0.25) is 0 Å². The Balaban J connectivity index is 0.000000270. The first-order valence-corrected chi connectivity index (χ1v) is 6.68. The van der Waals surface area contributed by atoms with Crippen LogP contribution in [0.2, 0.25) is 0 Å². The molecule has 0 aliphatic rings. The Labute approximate surface area is 155 Å². The smallest absolute Gasteiger partial charge is 0.354 e. The number of hydrogen-bond donors (Lipinski definition) is 1. The summed E-state index contributed by atoms with van der Waals surface area (Å²) in [6, 6.07) is 13.4. The molecule has 2 aromatic heterocycles. The second kappa shape index (κ2) is 9.56. The minimum Gasteiger partial charge on any atom is -0.627 e. The minimum atomic E-state index is -0.990. The molecule has 1 N–H and O–H groups in total. The molecular formula is C17H11F2IrN2O3-. The van der Waals surface area contributed by atoms with Crippen molar-refractivity contribution in [1.29, 1.82) is 0 Å². The maximum atomic E-state index is 13.3. The van der Waals surface area contributed by atoms with E-state index in [0.717, 1.165) is 12.1 Å². The second-order valence-corrected chi connectivity index (χ2v) is 4.47. The van der Waals surface area contributed by atoms with Gasteiger partial charge in [-0.2, -0.15) is 0 Å². The molecule has 0 aliphatic carbocycles. The number of halogens is 2. The van der Waals surface area contributed by atoms with Crippen LogP contribution in [0, 0.1) is 22.9 Å². The zero-order chi connectivity index (χ0) is 17.5. The summed E-state index contributed by atoms with van der Waals surface area (Å²) in [6.07, 6.45) is 2.69. The first-order chi connectivity index (χ1) is 11.5. The first-order valence-electron chi connectivity index (χ1n) is 6.68. The Morgan fingerprint density at radius 2 is 1.92 bits per heavy atom. The molecule has 0 saturated carbocycles. The number of hydrogen-bond acceptors (Lipinski definition) is 3. The monoisotopic (exact) mass is 522 g/mol. The first kappa shape index (κ1) is 20.3. The molecule has 0 spiro atoms. The SMILES string of the molecule is O=C(O)c1ccccn1.[Ir].[O-][n+]1ccccc1-c1[c-]cc(F)cc1F. The van der Waals surface area contributed by atoms with E-state index in [1.54, 1.807) is 18.2 Å². The van der Waals surface area contributed by atoms with Crippen LogP contribution in [0.4, 0.5) is 8.78 Å². The van der Waals surface area contributed by atoms with Gasteiger partial charge < -0.3 is 10.3 Å². The van der Waals surface area contributed by atoms with Gasteiger partial charge in [-0.1, -0.05) is 18.2 Å². The summed E-state index contributed by atoms with van der Waals surface area (Å²) < 4.78 is 26.4. The summed E-state index contributed by atoms with van der Waals surface area (Å²) in [4.78, 5) is 13.7. The summed E-state index contributed by atoms with van der Waals surface area (Å²) in [7, 11) is 0. The van der Waals surface area contributed by atoms with Crippen molar-refractivity contribution < 1.29 is 43.5 Å². The van der Waals surface area contributed by atoms with Gasteiger partial charge in [0.25, 0.3) is 0 Å². The molecule has 0 unspecified atom stereocenters. The van der Waals surface area contributed by atoms with Gasteiger partial charge in [-0.25, -0.2) is 14.5 Å². The van der Waals surface area contributed by atoms with Gasteiger partial charge in [-0.15, -0.1) is 12.1 Å². The van der Waals surface area contributed by atoms with Crippen LogP contribution in [-0.4, -0.2) is 16.1 Å². The van der Waals surface area contributed by atoms with Crippen LogP contribution in [0.3, 0.4) is 0 Å². The molecule has 0 bridgehead atoms. The molecule has 0 fully saturated rings. The Morgan fingerprint density at radius 3 is 2.44 bits per heavy atom. The predicted octanol–water partition coefficient (Wildman–Crippen LogP) is 2.84. The van der Waals surface area contributed by atoms with E-state index in [1.807, 2.05) is 0 Å². The Hall–Kier alpha value is -2.70. The van der Waals surface area contributed by atoms with Gasteiger partial charge in [0, 0.05) is 44.0 Å². The standard InChI is InChI=1S/C11H6F2NO.C6H5NO2.Ir/c12-8-4-5-9(10(13)7-8)11-3-1-2-6-14(11)15;8-6(9)5-3-1-2-4-7-5;/h1-4,6-7H;1-4H,(H,8,9);/q-1;;. The minimum absolute atomic E-state index is 0. The molecule has 0 atom stereocenters. The summed E-state index contributed by atoms with van der Waals surface area (Å²) in [5.41, 5.74) is 0.152. The second-order valence-electron chi connectivity index (χ2n) is 4.47. The van der Waals surface area contributed by atoms with Crippen molar-refractivity contribution in [2.45, 2.75) is 0 Å². The van der Waals surface area contributed by atoms with Gasteiger partial charge in [0.05, 0.1) is 0 Å². The maximum Gasteiger partial charge on any atom is 0.354 e. The number of nitrogens with zero attached hydrogens (tertiary/aromatic N) is 2. The fourth-order valence-electron chi connectivity index (χ4n) is 1.75.